The minimum Gasteiger partial charge on any atom is -0.371 e. The number of hydrogen-bond donors (Lipinski definition) is 0. The van der Waals surface area contributed by atoms with Gasteiger partial charge in [-0.15, -0.1) is 0 Å². The first kappa shape index (κ1) is 23.8. The van der Waals surface area contributed by atoms with Gasteiger partial charge in [0.15, 0.2) is 0 Å². The summed E-state index contributed by atoms with van der Waals surface area (Å²) < 4.78 is 13.1. The number of hydrogen-bond acceptors (Lipinski definition) is 2. The molecule has 2 heteroatoms. The lowest BCUT2D eigenvalue weighted by molar-refractivity contribution is -0.0893. The number of rotatable bonds is 8. The first-order valence-electron chi connectivity index (χ1n) is 12.5. The fourth-order valence-corrected chi connectivity index (χ4v) is 5.51. The smallest absolute Gasteiger partial charge is 0.0727 e. The van der Waals surface area contributed by atoms with Gasteiger partial charge in [-0.3, -0.25) is 0 Å². The fraction of sp³-hybridized carbons (Fsp3) is 0.786. The summed E-state index contributed by atoms with van der Waals surface area (Å²) in [6, 6.07) is 8.69. The van der Waals surface area contributed by atoms with Crippen LogP contribution in [0.5, 0.6) is 0 Å². The van der Waals surface area contributed by atoms with Crippen LogP contribution in [-0.2, 0) is 22.7 Å². The Morgan fingerprint density at radius 2 is 0.967 bits per heavy atom. The molecule has 0 radical (unpaired) electrons. The van der Waals surface area contributed by atoms with Crippen molar-refractivity contribution in [2.24, 2.45) is 23.7 Å². The van der Waals surface area contributed by atoms with Crippen molar-refractivity contribution in [2.75, 3.05) is 0 Å². The van der Waals surface area contributed by atoms with Crippen molar-refractivity contribution in [3.8, 4) is 0 Å². The largest absolute Gasteiger partial charge is 0.371 e. The monoisotopic (exact) mass is 414 g/mol. The zero-order valence-electron chi connectivity index (χ0n) is 20.5. The standard InChI is InChI=1S/C28H46O2/c1-21-11-15-25(16-12-21)27(3,4)29-19-23-9-7-8-10-24(23)20-30-28(5,6)26-17-13-22(2)14-18-26/h7-10,21-22,25-26H,11-20H2,1-6H3. The summed E-state index contributed by atoms with van der Waals surface area (Å²) in [6.07, 6.45) is 10.6. The van der Waals surface area contributed by atoms with Crippen molar-refractivity contribution in [2.45, 2.75) is 117 Å². The topological polar surface area (TPSA) is 18.5 Å². The van der Waals surface area contributed by atoms with Crippen molar-refractivity contribution < 1.29 is 9.47 Å². The van der Waals surface area contributed by atoms with E-state index in [1.807, 2.05) is 0 Å². The van der Waals surface area contributed by atoms with Crippen LogP contribution in [0.3, 0.4) is 0 Å². The summed E-state index contributed by atoms with van der Waals surface area (Å²) in [7, 11) is 0. The molecule has 170 valence electrons. The van der Waals surface area contributed by atoms with E-state index in [1.54, 1.807) is 0 Å². The molecule has 1 aromatic carbocycles. The van der Waals surface area contributed by atoms with Crippen LogP contribution in [-0.4, -0.2) is 11.2 Å². The predicted molar refractivity (Wildman–Crippen MR) is 126 cm³/mol. The van der Waals surface area contributed by atoms with Gasteiger partial charge in [-0.25, -0.2) is 0 Å². The molecule has 0 heterocycles. The Labute approximate surface area is 186 Å². The molecule has 0 aromatic heterocycles. The van der Waals surface area contributed by atoms with Crippen LogP contribution in [0.2, 0.25) is 0 Å². The minimum atomic E-state index is -0.0633. The molecule has 2 saturated carbocycles. The molecule has 2 nitrogen and oxygen atoms in total. The van der Waals surface area contributed by atoms with Gasteiger partial charge in [-0.2, -0.15) is 0 Å². The highest BCUT2D eigenvalue weighted by molar-refractivity contribution is 5.26. The zero-order valence-corrected chi connectivity index (χ0v) is 20.5. The highest BCUT2D eigenvalue weighted by Crippen LogP contribution is 2.39. The molecule has 3 rings (SSSR count). The van der Waals surface area contributed by atoms with Crippen molar-refractivity contribution in [3.05, 3.63) is 35.4 Å². The molecule has 0 aliphatic heterocycles. The van der Waals surface area contributed by atoms with Crippen LogP contribution >= 0.6 is 0 Å². The molecule has 0 N–H and O–H groups in total. The molecule has 2 aliphatic rings. The number of ether oxygens (including phenoxy) is 2. The van der Waals surface area contributed by atoms with Gasteiger partial charge in [0.05, 0.1) is 24.4 Å². The molecular weight excluding hydrogens is 368 g/mol. The SMILES string of the molecule is CC1CCC(C(C)(C)OCc2ccccc2COC(C)(C)C2CCC(C)CC2)CC1. The molecule has 0 spiro atoms. The van der Waals surface area contributed by atoms with Crippen LogP contribution in [0.4, 0.5) is 0 Å². The number of benzene rings is 1. The average molecular weight is 415 g/mol. The van der Waals surface area contributed by atoms with Gasteiger partial charge in [-0.05, 0) is 88.2 Å². The van der Waals surface area contributed by atoms with E-state index in [4.69, 9.17) is 9.47 Å². The summed E-state index contributed by atoms with van der Waals surface area (Å²) in [6.45, 7) is 15.3. The molecule has 1 aromatic rings. The predicted octanol–water partition coefficient (Wildman–Crippen LogP) is 7.93. The maximum Gasteiger partial charge on any atom is 0.0727 e. The summed E-state index contributed by atoms with van der Waals surface area (Å²) in [5, 5.41) is 0. The van der Waals surface area contributed by atoms with Crippen molar-refractivity contribution in [3.63, 3.8) is 0 Å². The van der Waals surface area contributed by atoms with E-state index in [1.165, 1.54) is 62.5 Å². The van der Waals surface area contributed by atoms with E-state index in [2.05, 4.69) is 65.8 Å². The summed E-state index contributed by atoms with van der Waals surface area (Å²) in [5.41, 5.74) is 2.43. The van der Waals surface area contributed by atoms with Gasteiger partial charge >= 0.3 is 0 Å². The third-order valence-corrected chi connectivity index (χ3v) is 8.32. The molecule has 30 heavy (non-hydrogen) atoms. The zero-order chi connectivity index (χ0) is 21.8. The van der Waals surface area contributed by atoms with Crippen LogP contribution in [0, 0.1) is 23.7 Å². The van der Waals surface area contributed by atoms with Gasteiger partial charge in [0.25, 0.3) is 0 Å². The summed E-state index contributed by atoms with van der Waals surface area (Å²) in [4.78, 5) is 0. The average Bonchev–Trinajstić information content (AvgIpc) is 2.72. The van der Waals surface area contributed by atoms with Crippen molar-refractivity contribution in [1.82, 2.24) is 0 Å². The summed E-state index contributed by atoms with van der Waals surface area (Å²) in [5.74, 6) is 3.10. The molecule has 2 aliphatic carbocycles. The maximum absolute atomic E-state index is 6.54. The highest BCUT2D eigenvalue weighted by atomic mass is 16.5. The van der Waals surface area contributed by atoms with Crippen LogP contribution in [0.1, 0.15) is 104 Å². The normalized spacial score (nSPS) is 28.5. The second kappa shape index (κ2) is 10.2. The van der Waals surface area contributed by atoms with Crippen LogP contribution < -0.4 is 0 Å². The molecule has 0 bridgehead atoms. The lowest BCUT2D eigenvalue weighted by Crippen LogP contribution is -2.37. The lowest BCUT2D eigenvalue weighted by atomic mass is 9.75. The Morgan fingerprint density at radius 1 is 0.633 bits per heavy atom. The second-order valence-corrected chi connectivity index (χ2v) is 11.5. The van der Waals surface area contributed by atoms with Crippen LogP contribution in [0.15, 0.2) is 24.3 Å². The van der Waals surface area contributed by atoms with E-state index >= 15 is 0 Å². The van der Waals surface area contributed by atoms with E-state index < -0.39 is 0 Å². The van der Waals surface area contributed by atoms with Crippen molar-refractivity contribution >= 4 is 0 Å². The van der Waals surface area contributed by atoms with Gasteiger partial charge in [0, 0.05) is 0 Å². The minimum absolute atomic E-state index is 0.0633. The van der Waals surface area contributed by atoms with Gasteiger partial charge in [0.2, 0.25) is 0 Å². The quantitative estimate of drug-likeness (QED) is 0.430. The van der Waals surface area contributed by atoms with Gasteiger partial charge in [0.1, 0.15) is 0 Å². The maximum atomic E-state index is 6.54. The Hall–Kier alpha value is -0.860. The Kier molecular flexibility index (Phi) is 8.07. The molecule has 0 amide bonds. The first-order chi connectivity index (χ1) is 14.2. The van der Waals surface area contributed by atoms with Gasteiger partial charge in [-0.1, -0.05) is 63.8 Å². The third-order valence-electron chi connectivity index (χ3n) is 8.32. The highest BCUT2D eigenvalue weighted by Gasteiger charge is 2.34. The molecule has 2 fully saturated rings. The van der Waals surface area contributed by atoms with Crippen LogP contribution in [0.25, 0.3) is 0 Å². The molecule has 0 saturated heterocycles. The van der Waals surface area contributed by atoms with Crippen molar-refractivity contribution in [1.29, 1.82) is 0 Å². The fourth-order valence-electron chi connectivity index (χ4n) is 5.51. The molecular formula is C28H46O2. The van der Waals surface area contributed by atoms with E-state index in [-0.39, 0.29) is 11.2 Å². The second-order valence-electron chi connectivity index (χ2n) is 11.5. The molecule has 0 atom stereocenters. The van der Waals surface area contributed by atoms with E-state index in [0.29, 0.717) is 25.0 Å². The van der Waals surface area contributed by atoms with E-state index in [0.717, 1.165) is 11.8 Å². The first-order valence-corrected chi connectivity index (χ1v) is 12.5. The third kappa shape index (κ3) is 6.33. The Bertz CT molecular complexity index is 589. The lowest BCUT2D eigenvalue weighted by Gasteiger charge is -2.39. The van der Waals surface area contributed by atoms with E-state index in [9.17, 15) is 0 Å². The Balaban J connectivity index is 1.56. The van der Waals surface area contributed by atoms with Gasteiger partial charge < -0.3 is 9.47 Å². The Morgan fingerprint density at radius 3 is 1.30 bits per heavy atom. The summed E-state index contributed by atoms with van der Waals surface area (Å²) >= 11 is 0. The molecule has 0 unspecified atom stereocenters.